The van der Waals surface area contributed by atoms with Crippen LogP contribution in [0.4, 0.5) is 0 Å². The molecule has 0 saturated heterocycles. The maximum Gasteiger partial charge on any atom is 0.337 e. The van der Waals surface area contributed by atoms with Gasteiger partial charge in [-0.1, -0.05) is 59.2 Å². The van der Waals surface area contributed by atoms with E-state index in [1.54, 1.807) is 37.3 Å². The Bertz CT molecular complexity index is 1200. The summed E-state index contributed by atoms with van der Waals surface area (Å²) in [6, 6.07) is 9.86. The molecule has 2 N–H and O–H groups in total. The Labute approximate surface area is 203 Å². The number of carboxylic acids is 1. The summed E-state index contributed by atoms with van der Waals surface area (Å²) in [7, 11) is 0. The van der Waals surface area contributed by atoms with Gasteiger partial charge in [0.1, 0.15) is 5.75 Å². The van der Waals surface area contributed by atoms with Crippen LogP contribution in [0.25, 0.3) is 10.4 Å². The number of hydrogen-bond acceptors (Lipinski definition) is 5. The van der Waals surface area contributed by atoms with Crippen molar-refractivity contribution in [2.24, 2.45) is 4.99 Å². The first-order chi connectivity index (χ1) is 14.7. The van der Waals surface area contributed by atoms with Crippen molar-refractivity contribution in [3.8, 4) is 16.2 Å². The predicted octanol–water partition coefficient (Wildman–Crippen LogP) is 7.20. The molecule has 0 fully saturated rings. The number of aromatic carboxylic acids is 1. The molecular formula is C22H16Cl3NO3S2. The largest absolute Gasteiger partial charge is 0.506 e. The van der Waals surface area contributed by atoms with Gasteiger partial charge in [-0.05, 0) is 36.8 Å². The van der Waals surface area contributed by atoms with Gasteiger partial charge in [0, 0.05) is 38.5 Å². The molecule has 0 unspecified atom stereocenters. The van der Waals surface area contributed by atoms with Crippen molar-refractivity contribution < 1.29 is 15.0 Å². The number of nitrogens with zero attached hydrogens (tertiary/aromatic N) is 1. The van der Waals surface area contributed by atoms with E-state index in [-0.39, 0.29) is 22.9 Å². The van der Waals surface area contributed by atoms with Crippen molar-refractivity contribution in [2.45, 2.75) is 13.3 Å². The molecular weight excluding hydrogens is 497 g/mol. The van der Waals surface area contributed by atoms with Crippen molar-refractivity contribution in [3.63, 3.8) is 0 Å². The zero-order chi connectivity index (χ0) is 22.7. The molecule has 0 saturated carbocycles. The van der Waals surface area contributed by atoms with Crippen molar-refractivity contribution in [2.75, 3.05) is 6.54 Å². The fourth-order valence-corrected chi connectivity index (χ4v) is 5.01. The number of thiocarbonyl (C=S) groups is 1. The molecule has 160 valence electrons. The molecule has 0 radical (unpaired) electrons. The van der Waals surface area contributed by atoms with Crippen LogP contribution in [-0.2, 0) is 6.42 Å². The van der Waals surface area contributed by atoms with Gasteiger partial charge in [0.05, 0.1) is 27.0 Å². The highest BCUT2D eigenvalue weighted by atomic mass is 35.5. The van der Waals surface area contributed by atoms with Gasteiger partial charge in [-0.2, -0.15) is 0 Å². The number of aliphatic imine (C=N–C) groups is 1. The van der Waals surface area contributed by atoms with Crippen molar-refractivity contribution in [3.05, 3.63) is 73.5 Å². The number of halogens is 3. The third kappa shape index (κ3) is 5.64. The van der Waals surface area contributed by atoms with Crippen LogP contribution in [0.5, 0.6) is 5.75 Å². The van der Waals surface area contributed by atoms with Gasteiger partial charge in [0.25, 0.3) is 0 Å². The number of carboxylic acid groups (broad SMARTS) is 1. The van der Waals surface area contributed by atoms with E-state index in [4.69, 9.17) is 52.1 Å². The summed E-state index contributed by atoms with van der Waals surface area (Å²) in [5.74, 6) is -0.966. The molecule has 31 heavy (non-hydrogen) atoms. The van der Waals surface area contributed by atoms with Gasteiger partial charge in [-0.3, -0.25) is 4.99 Å². The molecule has 0 amide bonds. The van der Waals surface area contributed by atoms with Gasteiger partial charge in [-0.15, -0.1) is 11.3 Å². The molecule has 9 heteroatoms. The fraction of sp³-hybridized carbons (Fsp3) is 0.136. The summed E-state index contributed by atoms with van der Waals surface area (Å²) in [4.78, 5) is 16.9. The number of carbonyl (C=O) groups is 1. The van der Waals surface area contributed by atoms with E-state index < -0.39 is 5.97 Å². The minimum Gasteiger partial charge on any atom is -0.506 e. The Morgan fingerprint density at radius 3 is 2.48 bits per heavy atom. The zero-order valence-corrected chi connectivity index (χ0v) is 20.1. The lowest BCUT2D eigenvalue weighted by molar-refractivity contribution is 0.0697. The average molecular weight is 513 g/mol. The van der Waals surface area contributed by atoms with Gasteiger partial charge in [0.2, 0.25) is 0 Å². The van der Waals surface area contributed by atoms with Crippen LogP contribution in [0.1, 0.15) is 28.4 Å². The molecule has 0 spiro atoms. The monoisotopic (exact) mass is 511 g/mol. The van der Waals surface area contributed by atoms with E-state index in [1.807, 2.05) is 5.38 Å². The molecule has 2 aromatic carbocycles. The summed E-state index contributed by atoms with van der Waals surface area (Å²) < 4.78 is 0. The molecule has 0 atom stereocenters. The van der Waals surface area contributed by atoms with Gasteiger partial charge in [0.15, 0.2) is 0 Å². The third-order valence-electron chi connectivity index (χ3n) is 4.49. The quantitative estimate of drug-likeness (QED) is 0.259. The van der Waals surface area contributed by atoms with Crippen LogP contribution in [0.15, 0.2) is 46.8 Å². The molecule has 1 heterocycles. The van der Waals surface area contributed by atoms with Crippen molar-refractivity contribution >= 4 is 74.9 Å². The highest BCUT2D eigenvalue weighted by molar-refractivity contribution is 7.80. The number of hydrogen-bond donors (Lipinski definition) is 2. The minimum atomic E-state index is -1.07. The van der Waals surface area contributed by atoms with Crippen molar-refractivity contribution in [1.82, 2.24) is 0 Å². The summed E-state index contributed by atoms with van der Waals surface area (Å²) >= 11 is 25.0. The molecule has 0 aliphatic carbocycles. The highest BCUT2D eigenvalue weighted by Gasteiger charge is 2.17. The van der Waals surface area contributed by atoms with Gasteiger partial charge in [-0.25, -0.2) is 4.79 Å². The second kappa shape index (κ2) is 10.1. The van der Waals surface area contributed by atoms with E-state index in [1.165, 1.54) is 17.4 Å². The summed E-state index contributed by atoms with van der Waals surface area (Å²) in [6.45, 7) is 2.09. The first-order valence-electron chi connectivity index (χ1n) is 8.98. The Kier molecular flexibility index (Phi) is 7.73. The summed E-state index contributed by atoms with van der Waals surface area (Å²) in [5.41, 5.74) is 2.82. The van der Waals surface area contributed by atoms with E-state index in [0.717, 1.165) is 5.56 Å². The topological polar surface area (TPSA) is 69.9 Å². The van der Waals surface area contributed by atoms with Crippen LogP contribution in [0, 0.1) is 0 Å². The van der Waals surface area contributed by atoms with E-state index in [9.17, 15) is 9.90 Å². The lowest BCUT2D eigenvalue weighted by Crippen LogP contribution is -2.07. The Hall–Kier alpha value is -1.96. The van der Waals surface area contributed by atoms with Gasteiger partial charge < -0.3 is 10.2 Å². The number of benzene rings is 2. The molecule has 0 bridgehead atoms. The smallest absolute Gasteiger partial charge is 0.337 e. The zero-order valence-electron chi connectivity index (χ0n) is 16.2. The van der Waals surface area contributed by atoms with E-state index in [0.29, 0.717) is 43.0 Å². The maximum atomic E-state index is 11.1. The molecule has 0 aliphatic rings. The second-order valence-corrected chi connectivity index (χ2v) is 9.40. The van der Waals surface area contributed by atoms with Crippen LogP contribution in [-0.4, -0.2) is 33.3 Å². The van der Waals surface area contributed by atoms with E-state index in [2.05, 4.69) is 4.99 Å². The molecule has 1 aromatic heterocycles. The fourth-order valence-electron chi connectivity index (χ4n) is 2.89. The first-order valence-corrected chi connectivity index (χ1v) is 11.4. The normalized spacial score (nSPS) is 11.5. The standard InChI is InChI=1S/C22H16Cl3NO3S2/c1-11(17-10-31-21(20(17)27)15-5-3-13(23)8-19(15)25)26-9-14(30)6-12-2-4-16(22(28)29)18(24)7-12/h2-5,7-8,10,27H,6,9H2,1H3,(H,28,29). The molecule has 0 aliphatic heterocycles. The lowest BCUT2D eigenvalue weighted by Gasteiger charge is -2.06. The van der Waals surface area contributed by atoms with Crippen LogP contribution in [0.3, 0.4) is 0 Å². The number of rotatable bonds is 7. The van der Waals surface area contributed by atoms with Gasteiger partial charge >= 0.3 is 5.97 Å². The van der Waals surface area contributed by atoms with Crippen LogP contribution in [0.2, 0.25) is 15.1 Å². The Morgan fingerprint density at radius 2 is 1.84 bits per heavy atom. The number of thiophene rings is 1. The SMILES string of the molecule is CC(=NCC(=S)Cc1ccc(C(=O)O)c(Cl)c1)c1csc(-c2ccc(Cl)cc2Cl)c1O. The predicted molar refractivity (Wildman–Crippen MR) is 133 cm³/mol. The summed E-state index contributed by atoms with van der Waals surface area (Å²) in [6.07, 6.45) is 0.437. The molecule has 3 aromatic rings. The lowest BCUT2D eigenvalue weighted by atomic mass is 10.1. The van der Waals surface area contributed by atoms with Crippen LogP contribution < -0.4 is 0 Å². The maximum absolute atomic E-state index is 11.1. The van der Waals surface area contributed by atoms with Crippen LogP contribution >= 0.6 is 58.4 Å². The number of aromatic hydroxyl groups is 1. The highest BCUT2D eigenvalue weighted by Crippen LogP contribution is 2.42. The Balaban J connectivity index is 1.72. The molecule has 4 nitrogen and oxygen atoms in total. The van der Waals surface area contributed by atoms with E-state index >= 15 is 0 Å². The second-order valence-electron chi connectivity index (χ2n) is 6.69. The third-order valence-corrected chi connectivity index (χ3v) is 6.62. The summed E-state index contributed by atoms with van der Waals surface area (Å²) in [5, 5.41) is 22.7. The average Bonchev–Trinajstić information content (AvgIpc) is 3.07. The molecule has 3 rings (SSSR count). The minimum absolute atomic E-state index is 0.0507. The van der Waals surface area contributed by atoms with Crippen molar-refractivity contribution in [1.29, 1.82) is 0 Å². The first kappa shape index (κ1) is 23.7. The Morgan fingerprint density at radius 1 is 1.10 bits per heavy atom.